The second-order valence-corrected chi connectivity index (χ2v) is 4.62. The zero-order valence-electron chi connectivity index (χ0n) is 8.85. The maximum absolute atomic E-state index is 12.9. The van der Waals surface area contributed by atoms with Crippen LogP contribution < -0.4 is 5.32 Å². The van der Waals surface area contributed by atoms with Crippen LogP contribution in [0.5, 0.6) is 0 Å². The van der Waals surface area contributed by atoms with Crippen LogP contribution in [0.1, 0.15) is 19.3 Å². The fourth-order valence-corrected chi connectivity index (χ4v) is 3.00. The molecule has 1 saturated carbocycles. The number of hydrogen-bond acceptors (Lipinski definition) is 2. The van der Waals surface area contributed by atoms with Crippen LogP contribution in [0.4, 0.5) is 13.2 Å². The van der Waals surface area contributed by atoms with Crippen LogP contribution in [-0.2, 0) is 0 Å². The highest BCUT2D eigenvalue weighted by Crippen LogP contribution is 2.39. The molecule has 0 bridgehead atoms. The first-order valence-corrected chi connectivity index (χ1v) is 5.50. The second-order valence-electron chi connectivity index (χ2n) is 4.62. The van der Waals surface area contributed by atoms with Crippen molar-refractivity contribution in [3.63, 3.8) is 0 Å². The fourth-order valence-electron chi connectivity index (χ4n) is 3.00. The Morgan fingerprint density at radius 2 is 2.00 bits per heavy atom. The van der Waals surface area contributed by atoms with Crippen LogP contribution in [0.3, 0.4) is 0 Å². The first-order chi connectivity index (χ1) is 7.00. The molecule has 3 atom stereocenters. The third-order valence-electron chi connectivity index (χ3n) is 3.66. The van der Waals surface area contributed by atoms with Gasteiger partial charge < -0.3 is 5.32 Å². The van der Waals surface area contributed by atoms with E-state index in [1.807, 2.05) is 0 Å². The minimum absolute atomic E-state index is 0.0709. The lowest BCUT2D eigenvalue weighted by molar-refractivity contribution is -0.192. The smallest absolute Gasteiger partial charge is 0.312 e. The molecule has 1 aliphatic carbocycles. The summed E-state index contributed by atoms with van der Waals surface area (Å²) < 4.78 is 38.8. The molecule has 1 saturated heterocycles. The highest BCUT2D eigenvalue weighted by molar-refractivity contribution is 4.97. The van der Waals surface area contributed by atoms with Gasteiger partial charge in [-0.25, -0.2) is 0 Å². The van der Waals surface area contributed by atoms with Crippen molar-refractivity contribution in [1.29, 1.82) is 0 Å². The molecule has 2 rings (SSSR count). The van der Waals surface area contributed by atoms with E-state index >= 15 is 0 Å². The lowest BCUT2D eigenvalue weighted by Crippen LogP contribution is -2.49. The van der Waals surface area contributed by atoms with Crippen molar-refractivity contribution < 1.29 is 13.2 Å². The number of nitrogens with zero attached hydrogens (tertiary/aromatic N) is 1. The van der Waals surface area contributed by atoms with Crippen LogP contribution in [-0.4, -0.2) is 43.3 Å². The molecule has 0 spiro atoms. The van der Waals surface area contributed by atoms with Gasteiger partial charge in [0.25, 0.3) is 0 Å². The maximum atomic E-state index is 12.9. The van der Waals surface area contributed by atoms with Gasteiger partial charge in [0, 0.05) is 19.1 Å². The highest BCUT2D eigenvalue weighted by atomic mass is 19.4. The van der Waals surface area contributed by atoms with Crippen LogP contribution in [0.15, 0.2) is 0 Å². The zero-order valence-corrected chi connectivity index (χ0v) is 8.85. The van der Waals surface area contributed by atoms with Crippen molar-refractivity contribution in [2.24, 2.45) is 5.92 Å². The van der Waals surface area contributed by atoms with Gasteiger partial charge in [0.15, 0.2) is 0 Å². The molecule has 2 aliphatic rings. The summed E-state index contributed by atoms with van der Waals surface area (Å²) in [5.41, 5.74) is 0. The summed E-state index contributed by atoms with van der Waals surface area (Å²) in [5, 5.41) is 3.23. The number of hydrogen-bond donors (Lipinski definition) is 1. The first-order valence-electron chi connectivity index (χ1n) is 5.50. The van der Waals surface area contributed by atoms with Crippen LogP contribution in [0.25, 0.3) is 0 Å². The van der Waals surface area contributed by atoms with E-state index < -0.39 is 12.2 Å². The van der Waals surface area contributed by atoms with Crippen LogP contribution in [0, 0.1) is 5.92 Å². The predicted molar refractivity (Wildman–Crippen MR) is 51.6 cm³/mol. The number of alkyl halides is 3. The van der Waals surface area contributed by atoms with Gasteiger partial charge in [-0.15, -0.1) is 0 Å². The molecule has 5 heteroatoms. The summed E-state index contributed by atoms with van der Waals surface area (Å²) in [6.07, 6.45) is -1.58. The van der Waals surface area contributed by atoms with E-state index in [0.717, 1.165) is 12.8 Å². The van der Waals surface area contributed by atoms with Gasteiger partial charge >= 0.3 is 6.18 Å². The van der Waals surface area contributed by atoms with E-state index in [-0.39, 0.29) is 12.0 Å². The van der Waals surface area contributed by atoms with Gasteiger partial charge in [-0.05, 0) is 25.8 Å². The Morgan fingerprint density at radius 3 is 2.67 bits per heavy atom. The third kappa shape index (κ3) is 2.13. The molecule has 2 nitrogen and oxygen atoms in total. The molecule has 0 aromatic heterocycles. The van der Waals surface area contributed by atoms with E-state index in [0.29, 0.717) is 19.5 Å². The Bertz CT molecular complexity index is 229. The molecule has 1 N–H and O–H groups in total. The molecule has 1 heterocycles. The average Bonchev–Trinajstić information content (AvgIpc) is 2.45. The number of nitrogens with one attached hydrogen (secondary N) is 1. The van der Waals surface area contributed by atoms with Gasteiger partial charge in [-0.2, -0.15) is 13.2 Å². The monoisotopic (exact) mass is 222 g/mol. The summed E-state index contributed by atoms with van der Waals surface area (Å²) in [5.74, 6) is -0.252. The predicted octanol–water partition coefficient (Wildman–Crippen LogP) is 1.62. The van der Waals surface area contributed by atoms with Crippen molar-refractivity contribution in [2.45, 2.75) is 37.5 Å². The van der Waals surface area contributed by atoms with Gasteiger partial charge in [-0.3, -0.25) is 4.90 Å². The van der Waals surface area contributed by atoms with Gasteiger partial charge in [0.05, 0.1) is 0 Å². The van der Waals surface area contributed by atoms with E-state index in [1.54, 1.807) is 7.05 Å². The van der Waals surface area contributed by atoms with Crippen LogP contribution in [0.2, 0.25) is 0 Å². The molecule has 0 aromatic rings. The molecule has 2 fully saturated rings. The minimum atomic E-state index is -4.09. The molecule has 15 heavy (non-hydrogen) atoms. The van der Waals surface area contributed by atoms with Crippen LogP contribution >= 0.6 is 0 Å². The Hall–Kier alpha value is -0.290. The Morgan fingerprint density at radius 1 is 1.27 bits per heavy atom. The molecule has 1 unspecified atom stereocenters. The topological polar surface area (TPSA) is 15.3 Å². The number of fused-ring (bicyclic) bond motifs is 1. The summed E-state index contributed by atoms with van der Waals surface area (Å²) in [6.45, 7) is 1.15. The number of rotatable bonds is 0. The molecular formula is C10H17F3N2. The standard InChI is InChI=1S/C10H17F3N2/c1-15-6-5-14-8-4-2-3-7(8)9(15)10(11,12)13/h7-9,14H,2-6H2,1H3/t7-,8?,9-/m1/s1. The van der Waals surface area contributed by atoms with Crippen molar-refractivity contribution in [3.05, 3.63) is 0 Å². The summed E-state index contributed by atoms with van der Waals surface area (Å²) in [6, 6.07) is -1.18. The molecule has 0 radical (unpaired) electrons. The molecule has 88 valence electrons. The van der Waals surface area contributed by atoms with Gasteiger partial charge in [0.2, 0.25) is 0 Å². The maximum Gasteiger partial charge on any atom is 0.404 e. The Balaban J connectivity index is 2.21. The normalized spacial score (nSPS) is 38.8. The Kier molecular flexibility index (Phi) is 2.94. The lowest BCUT2D eigenvalue weighted by atomic mass is 9.93. The summed E-state index contributed by atoms with van der Waals surface area (Å²) in [4.78, 5) is 1.46. The molecular weight excluding hydrogens is 205 g/mol. The van der Waals surface area contributed by atoms with E-state index in [2.05, 4.69) is 5.32 Å². The second kappa shape index (κ2) is 3.94. The van der Waals surface area contributed by atoms with E-state index in [9.17, 15) is 13.2 Å². The first kappa shape index (κ1) is 11.2. The van der Waals surface area contributed by atoms with Crippen molar-refractivity contribution in [3.8, 4) is 0 Å². The Labute approximate surface area is 87.8 Å². The highest BCUT2D eigenvalue weighted by Gasteiger charge is 2.51. The van der Waals surface area contributed by atoms with Crippen molar-refractivity contribution >= 4 is 0 Å². The molecule has 0 amide bonds. The lowest BCUT2D eigenvalue weighted by Gasteiger charge is -2.33. The fraction of sp³-hybridized carbons (Fsp3) is 1.00. The summed E-state index contributed by atoms with van der Waals surface area (Å²) >= 11 is 0. The van der Waals surface area contributed by atoms with E-state index in [1.165, 1.54) is 4.90 Å². The van der Waals surface area contributed by atoms with Gasteiger partial charge in [0.1, 0.15) is 6.04 Å². The minimum Gasteiger partial charge on any atom is -0.312 e. The quantitative estimate of drug-likeness (QED) is 0.670. The SMILES string of the molecule is CN1CCNC2CCC[C@H]2[C@@H]1C(F)(F)F. The third-order valence-corrected chi connectivity index (χ3v) is 3.66. The largest absolute Gasteiger partial charge is 0.404 e. The molecule has 0 aromatic carbocycles. The van der Waals surface area contributed by atoms with Crippen molar-refractivity contribution in [1.82, 2.24) is 10.2 Å². The van der Waals surface area contributed by atoms with Crippen molar-refractivity contribution in [2.75, 3.05) is 20.1 Å². The zero-order chi connectivity index (χ0) is 11.1. The van der Waals surface area contributed by atoms with Gasteiger partial charge in [-0.1, -0.05) is 6.42 Å². The van der Waals surface area contributed by atoms with E-state index in [4.69, 9.17) is 0 Å². The average molecular weight is 222 g/mol. The molecule has 1 aliphatic heterocycles. The number of halogens is 3. The number of likely N-dealkylation sites (N-methyl/N-ethyl adjacent to an activating group) is 1. The summed E-state index contributed by atoms with van der Waals surface area (Å²) in [7, 11) is 1.58.